The van der Waals surface area contributed by atoms with Crippen LogP contribution in [0.3, 0.4) is 0 Å². The first kappa shape index (κ1) is 28.5. The Kier molecular flexibility index (Phi) is 8.42. The van der Waals surface area contributed by atoms with Crippen LogP contribution in [0.1, 0.15) is 30.4 Å². The van der Waals surface area contributed by atoms with Crippen molar-refractivity contribution in [1.29, 1.82) is 0 Å². The number of nitrogens with zero attached hydrogens (tertiary/aromatic N) is 4. The van der Waals surface area contributed by atoms with Crippen molar-refractivity contribution in [2.45, 2.75) is 38.3 Å². The number of ether oxygens (including phenoxy) is 1. The summed E-state index contributed by atoms with van der Waals surface area (Å²) in [6.45, 7) is 0.739. The summed E-state index contributed by atoms with van der Waals surface area (Å²) in [5.74, 6) is 0.0506. The minimum absolute atomic E-state index is 0.0484. The van der Waals surface area contributed by atoms with E-state index in [1.54, 1.807) is 7.05 Å². The molecule has 0 unspecified atom stereocenters. The summed E-state index contributed by atoms with van der Waals surface area (Å²) in [5.41, 5.74) is 2.88. The van der Waals surface area contributed by atoms with Crippen LogP contribution >= 0.6 is 11.3 Å². The fraction of sp³-hybridized carbons (Fsp3) is 0.265. The van der Waals surface area contributed by atoms with Crippen LogP contribution in [0.2, 0.25) is 0 Å². The van der Waals surface area contributed by atoms with Gasteiger partial charge in [0.05, 0.1) is 12.5 Å². The number of hydrogen-bond donors (Lipinski definition) is 0. The first-order chi connectivity index (χ1) is 21.0. The normalized spacial score (nSPS) is 16.4. The number of aromatic nitrogens is 3. The summed E-state index contributed by atoms with van der Waals surface area (Å²) >= 11 is 1.31. The van der Waals surface area contributed by atoms with Gasteiger partial charge in [-0.1, -0.05) is 102 Å². The summed E-state index contributed by atoms with van der Waals surface area (Å²) in [6, 6.07) is 28.5. The molecule has 0 saturated carbocycles. The van der Waals surface area contributed by atoms with E-state index >= 15 is 0 Å². The second-order valence-electron chi connectivity index (χ2n) is 10.8. The van der Waals surface area contributed by atoms with Crippen molar-refractivity contribution in [2.75, 3.05) is 11.4 Å². The fourth-order valence-electron chi connectivity index (χ4n) is 5.70. The van der Waals surface area contributed by atoms with Crippen LogP contribution in [0.4, 0.5) is 5.13 Å². The third-order valence-electron chi connectivity index (χ3n) is 7.94. The molecule has 1 fully saturated rings. The number of hydrogen-bond acceptors (Lipinski definition) is 8. The van der Waals surface area contributed by atoms with Crippen LogP contribution in [-0.4, -0.2) is 38.9 Å². The Bertz CT molecular complexity index is 1790. The largest absolute Gasteiger partial charge is 0.461 e. The summed E-state index contributed by atoms with van der Waals surface area (Å²) in [7, 11) is 1.69. The van der Waals surface area contributed by atoms with E-state index in [4.69, 9.17) is 14.7 Å². The smallest absolute Gasteiger partial charge is 0.306 e. The number of aryl methyl sites for hydroxylation is 1. The van der Waals surface area contributed by atoms with Gasteiger partial charge in [0.2, 0.25) is 0 Å². The molecular formula is C34H32N4O4S. The molecule has 1 aliphatic rings. The number of ketones is 1. The number of Topliss-reactive ketones (excluding diaryl/α,β-unsaturated/α-hetero) is 1. The number of carbonyl (C=O) groups excluding carboxylic acids is 2. The van der Waals surface area contributed by atoms with Crippen molar-refractivity contribution in [3.05, 3.63) is 112 Å². The van der Waals surface area contributed by atoms with E-state index in [0.717, 1.165) is 16.7 Å². The van der Waals surface area contributed by atoms with Gasteiger partial charge < -0.3 is 9.64 Å². The Balaban J connectivity index is 1.27. The number of carbonyl (C=O) groups is 2. The molecule has 0 aliphatic carbocycles. The SMILES string of the molecule is Cn1c(-c2ccccc2)nc2sc(N3CC[C@H](CC(=O)OCc4ccccc4)[C@@H]3C(=O)CCc3ccccc3)nc2c1=O. The first-order valence-corrected chi connectivity index (χ1v) is 15.3. The van der Waals surface area contributed by atoms with E-state index in [9.17, 15) is 14.4 Å². The molecule has 9 heteroatoms. The predicted octanol–water partition coefficient (Wildman–Crippen LogP) is 5.59. The third-order valence-corrected chi connectivity index (χ3v) is 8.92. The van der Waals surface area contributed by atoms with Crippen molar-refractivity contribution < 1.29 is 14.3 Å². The molecule has 43 heavy (non-hydrogen) atoms. The lowest BCUT2D eigenvalue weighted by molar-refractivity contribution is -0.146. The molecule has 8 nitrogen and oxygen atoms in total. The first-order valence-electron chi connectivity index (χ1n) is 14.4. The maximum Gasteiger partial charge on any atom is 0.306 e. The maximum absolute atomic E-state index is 13.9. The molecule has 6 rings (SSSR count). The van der Waals surface area contributed by atoms with E-state index in [2.05, 4.69) is 0 Å². The zero-order valence-electron chi connectivity index (χ0n) is 23.9. The molecule has 5 aromatic rings. The average molecular weight is 593 g/mol. The minimum Gasteiger partial charge on any atom is -0.461 e. The lowest BCUT2D eigenvalue weighted by Crippen LogP contribution is -2.40. The minimum atomic E-state index is -0.550. The third kappa shape index (κ3) is 6.27. The highest BCUT2D eigenvalue weighted by Gasteiger charge is 2.41. The Morgan fingerprint density at radius 2 is 1.56 bits per heavy atom. The van der Waals surface area contributed by atoms with Crippen molar-refractivity contribution in [1.82, 2.24) is 14.5 Å². The number of fused-ring (bicyclic) bond motifs is 1. The van der Waals surface area contributed by atoms with Crippen molar-refractivity contribution in [2.24, 2.45) is 13.0 Å². The molecule has 0 spiro atoms. The highest BCUT2D eigenvalue weighted by Crippen LogP contribution is 2.37. The molecule has 3 heterocycles. The van der Waals surface area contributed by atoms with Gasteiger partial charge in [-0.25, -0.2) is 9.97 Å². The van der Waals surface area contributed by atoms with Crippen molar-refractivity contribution in [3.63, 3.8) is 0 Å². The highest BCUT2D eigenvalue weighted by atomic mass is 32.1. The Hall–Kier alpha value is -4.63. The molecule has 218 valence electrons. The molecular weight excluding hydrogens is 560 g/mol. The number of rotatable bonds is 10. The zero-order chi connectivity index (χ0) is 29.8. The zero-order valence-corrected chi connectivity index (χ0v) is 24.7. The quantitative estimate of drug-likeness (QED) is 0.195. The van der Waals surface area contributed by atoms with Gasteiger partial charge in [-0.2, -0.15) is 0 Å². The molecule has 0 bridgehead atoms. The van der Waals surface area contributed by atoms with E-state index in [-0.39, 0.29) is 41.8 Å². The molecule has 0 N–H and O–H groups in total. The highest BCUT2D eigenvalue weighted by molar-refractivity contribution is 7.21. The van der Waals surface area contributed by atoms with Crippen LogP contribution < -0.4 is 10.5 Å². The Morgan fingerprint density at radius 1 is 0.907 bits per heavy atom. The molecule has 2 atom stereocenters. The van der Waals surface area contributed by atoms with Gasteiger partial charge in [-0.3, -0.25) is 19.0 Å². The van der Waals surface area contributed by atoms with Crippen LogP contribution in [0.15, 0.2) is 95.8 Å². The van der Waals surface area contributed by atoms with Crippen LogP contribution in [-0.2, 0) is 34.4 Å². The molecule has 1 saturated heterocycles. The number of thiazole rings is 1. The summed E-state index contributed by atoms with van der Waals surface area (Å²) in [6.07, 6.45) is 1.72. The van der Waals surface area contributed by atoms with Gasteiger partial charge in [0.15, 0.2) is 21.3 Å². The Morgan fingerprint density at radius 3 is 2.26 bits per heavy atom. The van der Waals surface area contributed by atoms with Crippen molar-refractivity contribution >= 4 is 38.6 Å². The van der Waals surface area contributed by atoms with E-state index in [1.165, 1.54) is 15.9 Å². The second kappa shape index (κ2) is 12.7. The van der Waals surface area contributed by atoms with E-state index in [0.29, 0.717) is 41.6 Å². The molecule has 2 aromatic heterocycles. The van der Waals surface area contributed by atoms with Gasteiger partial charge in [0.25, 0.3) is 5.56 Å². The molecule has 3 aromatic carbocycles. The van der Waals surface area contributed by atoms with Gasteiger partial charge in [-0.05, 0) is 29.9 Å². The summed E-state index contributed by atoms with van der Waals surface area (Å²) in [4.78, 5) is 52.1. The monoisotopic (exact) mass is 592 g/mol. The van der Waals surface area contributed by atoms with Gasteiger partial charge in [0, 0.05) is 25.6 Å². The van der Waals surface area contributed by atoms with Crippen LogP contribution in [0.25, 0.3) is 21.7 Å². The lowest BCUT2D eigenvalue weighted by atomic mass is 9.91. The van der Waals surface area contributed by atoms with E-state index < -0.39 is 6.04 Å². The Labute approximate surface area is 253 Å². The standard InChI is InChI=1S/C34H32N4O4S/c1-37-31(25-15-9-4-10-16-25)36-32-29(33(37)41)35-34(43-32)38-20-19-26(21-28(40)42-22-24-13-7-3-8-14-24)30(38)27(39)18-17-23-11-5-2-6-12-23/h2-16,26,30H,17-22H2,1H3/t26-,30-/m1/s1. The van der Waals surface area contributed by atoms with Crippen LogP contribution in [0.5, 0.6) is 0 Å². The maximum atomic E-state index is 13.9. The second-order valence-corrected chi connectivity index (χ2v) is 11.8. The van der Waals surface area contributed by atoms with Gasteiger partial charge >= 0.3 is 5.97 Å². The average Bonchev–Trinajstić information content (AvgIpc) is 3.66. The number of esters is 1. The van der Waals surface area contributed by atoms with Crippen LogP contribution in [0, 0.1) is 5.92 Å². The van der Waals surface area contributed by atoms with E-state index in [1.807, 2.05) is 95.9 Å². The number of anilines is 1. The summed E-state index contributed by atoms with van der Waals surface area (Å²) in [5, 5.41) is 0.572. The molecule has 0 amide bonds. The molecule has 1 aliphatic heterocycles. The van der Waals surface area contributed by atoms with Crippen molar-refractivity contribution in [3.8, 4) is 11.4 Å². The predicted molar refractivity (Wildman–Crippen MR) is 168 cm³/mol. The summed E-state index contributed by atoms with van der Waals surface area (Å²) < 4.78 is 7.10. The lowest BCUT2D eigenvalue weighted by Gasteiger charge is -2.26. The fourth-order valence-corrected chi connectivity index (χ4v) is 6.70. The molecule has 0 radical (unpaired) electrons. The topological polar surface area (TPSA) is 94.4 Å². The van der Waals surface area contributed by atoms with Gasteiger partial charge in [0.1, 0.15) is 12.4 Å². The number of benzene rings is 3. The van der Waals surface area contributed by atoms with Gasteiger partial charge in [-0.15, -0.1) is 0 Å².